The molecule has 2 N–H and O–H groups in total. The van der Waals surface area contributed by atoms with Crippen molar-refractivity contribution in [3.05, 3.63) is 12.2 Å². The van der Waals surface area contributed by atoms with Crippen molar-refractivity contribution in [2.45, 2.75) is 72.1 Å². The largest absolute Gasteiger partial charge is 0.481 e. The highest BCUT2D eigenvalue weighted by molar-refractivity contribution is 5.75. The highest BCUT2D eigenvalue weighted by Gasteiger charge is 2.57. The average molecular weight is 322 g/mol. The lowest BCUT2D eigenvalue weighted by Crippen LogP contribution is -2.53. The maximum Gasteiger partial charge on any atom is 0.309 e. The number of carbonyl (C=O) groups is 1. The fraction of sp³-hybridized carbons (Fsp3) is 0.850. The van der Waals surface area contributed by atoms with E-state index in [1.807, 2.05) is 6.92 Å². The fourth-order valence-corrected chi connectivity index (χ4v) is 5.55. The number of carboxylic acids is 1. The smallest absolute Gasteiger partial charge is 0.309 e. The van der Waals surface area contributed by atoms with Crippen LogP contribution in [0.3, 0.4) is 0 Å². The molecule has 0 aromatic carbocycles. The minimum atomic E-state index is -0.617. The summed E-state index contributed by atoms with van der Waals surface area (Å²) < 4.78 is 0. The first-order valence-electron chi connectivity index (χ1n) is 9.27. The minimum Gasteiger partial charge on any atom is -0.481 e. The van der Waals surface area contributed by atoms with Gasteiger partial charge in [-0.15, -0.1) is 0 Å². The zero-order valence-electron chi connectivity index (χ0n) is 15.1. The standard InChI is InChI=1S/C20H34O3/c1-14(10-13-21)6-8-16-15(2)7-9-17-19(16,3)11-5-12-20(17,4)18(22)23/h14,16-17,21H,2,5-13H2,1,3-4H3,(H,22,23)/t14-,16-,17+,19+,20+/m0/s1. The third-order valence-corrected chi connectivity index (χ3v) is 7.08. The van der Waals surface area contributed by atoms with E-state index in [2.05, 4.69) is 20.4 Å². The van der Waals surface area contributed by atoms with Crippen LogP contribution in [0.25, 0.3) is 0 Å². The first kappa shape index (κ1) is 18.5. The predicted octanol–water partition coefficient (Wildman–Crippen LogP) is 4.65. The molecule has 2 rings (SSSR count). The Hall–Kier alpha value is -0.830. The van der Waals surface area contributed by atoms with E-state index >= 15 is 0 Å². The number of carboxylic acid groups (broad SMARTS) is 1. The first-order chi connectivity index (χ1) is 10.8. The zero-order valence-corrected chi connectivity index (χ0v) is 15.1. The maximum absolute atomic E-state index is 12.0. The molecule has 2 saturated carbocycles. The molecule has 0 unspecified atom stereocenters. The van der Waals surface area contributed by atoms with Gasteiger partial charge in [-0.05, 0) is 68.6 Å². The second-order valence-electron chi connectivity index (χ2n) is 8.58. The van der Waals surface area contributed by atoms with E-state index in [-0.39, 0.29) is 17.9 Å². The fourth-order valence-electron chi connectivity index (χ4n) is 5.55. The third kappa shape index (κ3) is 3.35. The second kappa shape index (κ2) is 6.96. The van der Waals surface area contributed by atoms with E-state index in [0.29, 0.717) is 11.8 Å². The maximum atomic E-state index is 12.0. The molecule has 0 saturated heterocycles. The molecule has 0 bridgehead atoms. The number of hydrogen-bond acceptors (Lipinski definition) is 2. The molecule has 2 aliphatic carbocycles. The monoisotopic (exact) mass is 322 g/mol. The Kier molecular flexibility index (Phi) is 5.60. The second-order valence-corrected chi connectivity index (χ2v) is 8.58. The summed E-state index contributed by atoms with van der Waals surface area (Å²) in [5.41, 5.74) is 0.817. The van der Waals surface area contributed by atoms with Gasteiger partial charge < -0.3 is 10.2 Å². The van der Waals surface area contributed by atoms with Crippen LogP contribution in [-0.2, 0) is 4.79 Å². The molecule has 3 heteroatoms. The molecule has 132 valence electrons. The van der Waals surface area contributed by atoms with Gasteiger partial charge in [-0.25, -0.2) is 0 Å². The lowest BCUT2D eigenvalue weighted by molar-refractivity contribution is -0.164. The van der Waals surface area contributed by atoms with E-state index in [1.165, 1.54) is 5.57 Å². The summed E-state index contributed by atoms with van der Waals surface area (Å²) in [4.78, 5) is 12.0. The number of hydrogen-bond donors (Lipinski definition) is 2. The molecular weight excluding hydrogens is 288 g/mol. The molecule has 23 heavy (non-hydrogen) atoms. The molecule has 0 aliphatic heterocycles. The van der Waals surface area contributed by atoms with Crippen LogP contribution in [0.4, 0.5) is 0 Å². The molecule has 0 heterocycles. The van der Waals surface area contributed by atoms with Crippen LogP contribution in [-0.4, -0.2) is 22.8 Å². The molecule has 5 atom stereocenters. The molecule has 2 fully saturated rings. The summed E-state index contributed by atoms with van der Waals surface area (Å²) in [6.07, 6.45) is 7.92. The van der Waals surface area contributed by atoms with Gasteiger partial charge in [0.1, 0.15) is 0 Å². The molecule has 0 radical (unpaired) electrons. The van der Waals surface area contributed by atoms with Crippen molar-refractivity contribution in [3.8, 4) is 0 Å². The number of aliphatic carboxylic acids is 1. The van der Waals surface area contributed by atoms with Crippen LogP contribution in [0.5, 0.6) is 0 Å². The average Bonchev–Trinajstić information content (AvgIpc) is 2.46. The Labute approximate surface area is 141 Å². The van der Waals surface area contributed by atoms with Gasteiger partial charge in [-0.1, -0.05) is 38.8 Å². The number of rotatable bonds is 6. The summed E-state index contributed by atoms with van der Waals surface area (Å²) in [6.45, 7) is 11.1. The van der Waals surface area contributed by atoms with Crippen molar-refractivity contribution in [3.63, 3.8) is 0 Å². The Balaban J connectivity index is 2.21. The van der Waals surface area contributed by atoms with Gasteiger partial charge in [0.15, 0.2) is 0 Å². The zero-order chi connectivity index (χ0) is 17.3. The van der Waals surface area contributed by atoms with Crippen LogP contribution in [0, 0.1) is 28.6 Å². The van der Waals surface area contributed by atoms with E-state index in [9.17, 15) is 9.90 Å². The van der Waals surface area contributed by atoms with E-state index in [1.54, 1.807) is 0 Å². The van der Waals surface area contributed by atoms with Crippen molar-refractivity contribution >= 4 is 5.97 Å². The minimum absolute atomic E-state index is 0.0691. The van der Waals surface area contributed by atoms with Crippen molar-refractivity contribution in [1.82, 2.24) is 0 Å². The molecule has 3 nitrogen and oxygen atoms in total. The summed E-state index contributed by atoms with van der Waals surface area (Å²) in [5, 5.41) is 19.0. The lowest BCUT2D eigenvalue weighted by atomic mass is 9.46. The Bertz CT molecular complexity index is 458. The number of aliphatic hydroxyl groups excluding tert-OH is 1. The van der Waals surface area contributed by atoms with Crippen molar-refractivity contribution < 1.29 is 15.0 Å². The Morgan fingerprint density at radius 2 is 2.04 bits per heavy atom. The third-order valence-electron chi connectivity index (χ3n) is 7.08. The van der Waals surface area contributed by atoms with Crippen LogP contribution in [0.15, 0.2) is 12.2 Å². The molecular formula is C20H34O3. The van der Waals surface area contributed by atoms with Crippen LogP contribution < -0.4 is 0 Å². The highest BCUT2D eigenvalue weighted by Crippen LogP contribution is 2.62. The summed E-state index contributed by atoms with van der Waals surface area (Å²) in [7, 11) is 0. The molecule has 0 amide bonds. The SMILES string of the molecule is C=C1CC[C@@H]2[C@](C)(CCC[C@@]2(C)C(=O)O)[C@H]1CC[C@H](C)CCO. The van der Waals surface area contributed by atoms with Gasteiger partial charge in [0.25, 0.3) is 0 Å². The van der Waals surface area contributed by atoms with Crippen molar-refractivity contribution in [2.24, 2.45) is 28.6 Å². The molecule has 0 aromatic heterocycles. The van der Waals surface area contributed by atoms with Crippen molar-refractivity contribution in [1.29, 1.82) is 0 Å². The van der Waals surface area contributed by atoms with E-state index in [0.717, 1.165) is 51.4 Å². The molecule has 0 spiro atoms. The normalized spacial score (nSPS) is 38.9. The van der Waals surface area contributed by atoms with Gasteiger partial charge in [0.05, 0.1) is 5.41 Å². The quantitative estimate of drug-likeness (QED) is 0.700. The number of aliphatic hydroxyl groups is 1. The van der Waals surface area contributed by atoms with Gasteiger partial charge >= 0.3 is 5.97 Å². The lowest BCUT2D eigenvalue weighted by Gasteiger charge is -2.57. The van der Waals surface area contributed by atoms with Gasteiger partial charge in [-0.2, -0.15) is 0 Å². The van der Waals surface area contributed by atoms with Crippen LogP contribution >= 0.6 is 0 Å². The summed E-state index contributed by atoms with van der Waals surface area (Å²) in [5.74, 6) is 0.589. The molecule has 2 aliphatic rings. The molecule has 0 aromatic rings. The van der Waals surface area contributed by atoms with E-state index in [4.69, 9.17) is 5.11 Å². The van der Waals surface area contributed by atoms with Crippen LogP contribution in [0.1, 0.15) is 72.1 Å². The predicted molar refractivity (Wildman–Crippen MR) is 93.2 cm³/mol. The van der Waals surface area contributed by atoms with Gasteiger partial charge in [0, 0.05) is 6.61 Å². The highest BCUT2D eigenvalue weighted by atomic mass is 16.4. The summed E-state index contributed by atoms with van der Waals surface area (Å²) in [6, 6.07) is 0. The summed E-state index contributed by atoms with van der Waals surface area (Å²) >= 11 is 0. The number of fused-ring (bicyclic) bond motifs is 1. The first-order valence-corrected chi connectivity index (χ1v) is 9.27. The topological polar surface area (TPSA) is 57.5 Å². The van der Waals surface area contributed by atoms with Crippen molar-refractivity contribution in [2.75, 3.05) is 6.61 Å². The van der Waals surface area contributed by atoms with Gasteiger partial charge in [0.2, 0.25) is 0 Å². The van der Waals surface area contributed by atoms with Gasteiger partial charge in [-0.3, -0.25) is 4.79 Å². The Morgan fingerprint density at radius 1 is 1.35 bits per heavy atom. The Morgan fingerprint density at radius 3 is 2.65 bits per heavy atom. The number of allylic oxidation sites excluding steroid dienone is 1. The van der Waals surface area contributed by atoms with E-state index < -0.39 is 11.4 Å². The van der Waals surface area contributed by atoms with Crippen LogP contribution in [0.2, 0.25) is 0 Å².